The normalized spacial score (nSPS) is 20.0. The van der Waals surface area contributed by atoms with Gasteiger partial charge in [-0.2, -0.15) is 11.8 Å². The van der Waals surface area contributed by atoms with Gasteiger partial charge in [0.1, 0.15) is 0 Å². The number of aliphatic hydroxyl groups is 1. The second kappa shape index (κ2) is 7.53. The van der Waals surface area contributed by atoms with Crippen molar-refractivity contribution in [2.45, 2.75) is 63.3 Å². The number of hydrogen-bond donors (Lipinski definition) is 2. The minimum atomic E-state index is 0.267. The highest BCUT2D eigenvalue weighted by Crippen LogP contribution is 2.29. The van der Waals surface area contributed by atoms with Crippen LogP contribution in [0.25, 0.3) is 0 Å². The van der Waals surface area contributed by atoms with E-state index in [4.69, 9.17) is 0 Å². The van der Waals surface area contributed by atoms with Crippen molar-refractivity contribution in [3.8, 4) is 0 Å². The zero-order valence-electron chi connectivity index (χ0n) is 10.0. The molecule has 0 amide bonds. The summed E-state index contributed by atoms with van der Waals surface area (Å²) in [5.41, 5.74) is 0. The van der Waals surface area contributed by atoms with Gasteiger partial charge in [-0.1, -0.05) is 26.7 Å². The average molecular weight is 231 g/mol. The molecule has 90 valence electrons. The molecule has 0 radical (unpaired) electrons. The summed E-state index contributed by atoms with van der Waals surface area (Å²) >= 11 is 2.10. The number of aliphatic hydroxyl groups excluding tert-OH is 1. The summed E-state index contributed by atoms with van der Waals surface area (Å²) in [4.78, 5) is 0. The Morgan fingerprint density at radius 1 is 1.33 bits per heavy atom. The molecule has 0 aromatic carbocycles. The lowest BCUT2D eigenvalue weighted by atomic mass is 10.2. The van der Waals surface area contributed by atoms with Crippen LogP contribution in [0.4, 0.5) is 0 Å². The molecule has 1 fully saturated rings. The monoisotopic (exact) mass is 231 g/mol. The van der Waals surface area contributed by atoms with E-state index in [0.29, 0.717) is 12.1 Å². The van der Waals surface area contributed by atoms with E-state index >= 15 is 0 Å². The molecule has 1 aliphatic rings. The molecule has 2 nitrogen and oxygen atoms in total. The molecule has 1 aliphatic carbocycles. The summed E-state index contributed by atoms with van der Waals surface area (Å²) in [6.45, 7) is 4.53. The Kier molecular flexibility index (Phi) is 6.69. The standard InChI is InChI=1S/C12H25NOS/c1-10(2)13-11(9-14)7-8-15-12-5-3-4-6-12/h10-14H,3-9H2,1-2H3. The predicted molar refractivity (Wildman–Crippen MR) is 68.5 cm³/mol. The molecule has 1 rings (SSSR count). The quantitative estimate of drug-likeness (QED) is 0.706. The van der Waals surface area contributed by atoms with Crippen molar-refractivity contribution in [3.63, 3.8) is 0 Å². The molecule has 0 heterocycles. The van der Waals surface area contributed by atoms with Crippen LogP contribution < -0.4 is 5.32 Å². The molecule has 0 saturated heterocycles. The van der Waals surface area contributed by atoms with Crippen molar-refractivity contribution in [2.75, 3.05) is 12.4 Å². The van der Waals surface area contributed by atoms with E-state index in [1.165, 1.54) is 31.4 Å². The molecule has 2 N–H and O–H groups in total. The van der Waals surface area contributed by atoms with Crippen molar-refractivity contribution in [3.05, 3.63) is 0 Å². The Morgan fingerprint density at radius 2 is 2.00 bits per heavy atom. The van der Waals surface area contributed by atoms with Crippen LogP contribution in [0.1, 0.15) is 46.0 Å². The summed E-state index contributed by atoms with van der Waals surface area (Å²) in [7, 11) is 0. The Bertz CT molecular complexity index is 158. The molecule has 0 spiro atoms. The van der Waals surface area contributed by atoms with Crippen LogP contribution in [0.3, 0.4) is 0 Å². The minimum Gasteiger partial charge on any atom is -0.395 e. The highest BCUT2D eigenvalue weighted by atomic mass is 32.2. The molecular weight excluding hydrogens is 206 g/mol. The maximum absolute atomic E-state index is 9.20. The van der Waals surface area contributed by atoms with Gasteiger partial charge in [0.25, 0.3) is 0 Å². The molecule has 15 heavy (non-hydrogen) atoms. The van der Waals surface area contributed by atoms with Crippen LogP contribution in [-0.2, 0) is 0 Å². The SMILES string of the molecule is CC(C)NC(CO)CCSC1CCCC1. The number of thioether (sulfide) groups is 1. The van der Waals surface area contributed by atoms with Crippen LogP contribution in [0.2, 0.25) is 0 Å². The molecule has 0 bridgehead atoms. The lowest BCUT2D eigenvalue weighted by Crippen LogP contribution is -2.37. The molecule has 1 saturated carbocycles. The van der Waals surface area contributed by atoms with Gasteiger partial charge in [0.2, 0.25) is 0 Å². The second-order valence-corrected chi connectivity index (χ2v) is 6.18. The summed E-state index contributed by atoms with van der Waals surface area (Å²) in [6.07, 6.45) is 6.75. The Balaban J connectivity index is 2.05. The van der Waals surface area contributed by atoms with Crippen LogP contribution >= 0.6 is 11.8 Å². The summed E-state index contributed by atoms with van der Waals surface area (Å²) < 4.78 is 0. The van der Waals surface area contributed by atoms with Crippen molar-refractivity contribution in [2.24, 2.45) is 0 Å². The molecular formula is C12H25NOS. The lowest BCUT2D eigenvalue weighted by molar-refractivity contribution is 0.232. The smallest absolute Gasteiger partial charge is 0.0585 e. The average Bonchev–Trinajstić information content (AvgIpc) is 2.68. The number of nitrogens with one attached hydrogen (secondary N) is 1. The third kappa shape index (κ3) is 5.79. The summed E-state index contributed by atoms with van der Waals surface area (Å²) in [5, 5.41) is 13.5. The lowest BCUT2D eigenvalue weighted by Gasteiger charge is -2.19. The highest BCUT2D eigenvalue weighted by Gasteiger charge is 2.16. The molecule has 0 aliphatic heterocycles. The largest absolute Gasteiger partial charge is 0.395 e. The first-order valence-corrected chi connectivity index (χ1v) is 7.25. The van der Waals surface area contributed by atoms with Crippen molar-refractivity contribution >= 4 is 11.8 Å². The first kappa shape index (κ1) is 13.3. The number of hydrogen-bond acceptors (Lipinski definition) is 3. The fraction of sp³-hybridized carbons (Fsp3) is 1.00. The van der Waals surface area contributed by atoms with Crippen LogP contribution in [0, 0.1) is 0 Å². The third-order valence-electron chi connectivity index (χ3n) is 2.91. The topological polar surface area (TPSA) is 32.3 Å². The van der Waals surface area contributed by atoms with Gasteiger partial charge in [-0.15, -0.1) is 0 Å². The van der Waals surface area contributed by atoms with E-state index in [-0.39, 0.29) is 6.61 Å². The number of rotatable bonds is 7. The van der Waals surface area contributed by atoms with Gasteiger partial charge in [-0.25, -0.2) is 0 Å². The van der Waals surface area contributed by atoms with Gasteiger partial charge in [0, 0.05) is 17.3 Å². The first-order chi connectivity index (χ1) is 7.22. The van der Waals surface area contributed by atoms with Gasteiger partial charge >= 0.3 is 0 Å². The molecule has 1 unspecified atom stereocenters. The molecule has 0 aromatic rings. The van der Waals surface area contributed by atoms with E-state index in [0.717, 1.165) is 11.7 Å². The Labute approximate surface area is 98.2 Å². The van der Waals surface area contributed by atoms with Crippen molar-refractivity contribution < 1.29 is 5.11 Å². The van der Waals surface area contributed by atoms with E-state index in [1.54, 1.807) is 0 Å². The van der Waals surface area contributed by atoms with Gasteiger partial charge < -0.3 is 10.4 Å². The van der Waals surface area contributed by atoms with E-state index < -0.39 is 0 Å². The highest BCUT2D eigenvalue weighted by molar-refractivity contribution is 7.99. The third-order valence-corrected chi connectivity index (χ3v) is 4.33. The van der Waals surface area contributed by atoms with Gasteiger partial charge in [-0.05, 0) is 25.0 Å². The van der Waals surface area contributed by atoms with Crippen molar-refractivity contribution in [1.82, 2.24) is 5.32 Å². The molecule has 0 aromatic heterocycles. The molecule has 3 heteroatoms. The minimum absolute atomic E-state index is 0.267. The van der Waals surface area contributed by atoms with E-state index in [9.17, 15) is 5.11 Å². The maximum atomic E-state index is 9.20. The van der Waals surface area contributed by atoms with Gasteiger partial charge in [0.05, 0.1) is 6.61 Å². The predicted octanol–water partition coefficient (Wildman–Crippen LogP) is 2.41. The van der Waals surface area contributed by atoms with Crippen LogP contribution in [-0.4, -0.2) is 34.8 Å². The van der Waals surface area contributed by atoms with Gasteiger partial charge in [-0.3, -0.25) is 0 Å². The zero-order valence-corrected chi connectivity index (χ0v) is 10.9. The summed E-state index contributed by atoms with van der Waals surface area (Å²) in [6, 6.07) is 0.762. The van der Waals surface area contributed by atoms with Crippen LogP contribution in [0.5, 0.6) is 0 Å². The second-order valence-electron chi connectivity index (χ2n) is 4.77. The fourth-order valence-corrected chi connectivity index (χ4v) is 3.55. The Hall–Kier alpha value is 0.270. The van der Waals surface area contributed by atoms with Crippen molar-refractivity contribution in [1.29, 1.82) is 0 Å². The fourth-order valence-electron chi connectivity index (χ4n) is 2.13. The molecule has 1 atom stereocenters. The van der Waals surface area contributed by atoms with Gasteiger partial charge in [0.15, 0.2) is 0 Å². The Morgan fingerprint density at radius 3 is 2.53 bits per heavy atom. The van der Waals surface area contributed by atoms with E-state index in [1.807, 2.05) is 0 Å². The summed E-state index contributed by atoms with van der Waals surface area (Å²) in [5.74, 6) is 1.19. The van der Waals surface area contributed by atoms with Crippen LogP contribution in [0.15, 0.2) is 0 Å². The maximum Gasteiger partial charge on any atom is 0.0585 e. The zero-order chi connectivity index (χ0) is 11.1. The van der Waals surface area contributed by atoms with E-state index in [2.05, 4.69) is 30.9 Å². The first-order valence-electron chi connectivity index (χ1n) is 6.21.